The van der Waals surface area contributed by atoms with Crippen LogP contribution in [0, 0.1) is 5.92 Å². The maximum absolute atomic E-state index is 11.9. The standard InChI is InChI=1S/C15H22O8/c1-3-4-9(10-8(5-16)6-21-14(10)20)23-15-13(19)12(18)11(17)7(2)22-15/h3-4,7-8,11-13,15-19H,5-6H2,1-2H3. The minimum Gasteiger partial charge on any atom is -0.461 e. The largest absolute Gasteiger partial charge is 0.461 e. The van der Waals surface area contributed by atoms with E-state index in [1.54, 1.807) is 13.0 Å². The maximum atomic E-state index is 11.9. The Hall–Kier alpha value is -1.45. The van der Waals surface area contributed by atoms with Crippen LogP contribution in [0.3, 0.4) is 0 Å². The molecule has 6 atom stereocenters. The van der Waals surface area contributed by atoms with Crippen LogP contribution in [0.2, 0.25) is 0 Å². The molecular weight excluding hydrogens is 308 g/mol. The Morgan fingerprint density at radius 1 is 1.30 bits per heavy atom. The molecule has 2 heterocycles. The van der Waals surface area contributed by atoms with E-state index in [0.717, 1.165) is 0 Å². The number of carbonyl (C=O) groups is 1. The lowest BCUT2D eigenvalue weighted by Gasteiger charge is -2.39. The first kappa shape index (κ1) is 17.9. The van der Waals surface area contributed by atoms with E-state index in [2.05, 4.69) is 0 Å². The van der Waals surface area contributed by atoms with Crippen LogP contribution < -0.4 is 0 Å². The van der Waals surface area contributed by atoms with Crippen LogP contribution in [0.25, 0.3) is 0 Å². The summed E-state index contributed by atoms with van der Waals surface area (Å²) in [5.41, 5.74) is 0.148. The first-order chi connectivity index (χ1) is 10.9. The molecule has 6 unspecified atom stereocenters. The summed E-state index contributed by atoms with van der Waals surface area (Å²) in [5.74, 6) is -1.06. The summed E-state index contributed by atoms with van der Waals surface area (Å²) in [6, 6.07) is 0. The van der Waals surface area contributed by atoms with Crippen LogP contribution in [-0.2, 0) is 19.0 Å². The summed E-state index contributed by atoms with van der Waals surface area (Å²) in [7, 11) is 0. The third-order valence-electron chi connectivity index (χ3n) is 3.90. The number of hydrogen-bond donors (Lipinski definition) is 4. The van der Waals surface area contributed by atoms with Gasteiger partial charge >= 0.3 is 5.97 Å². The number of allylic oxidation sites excluding steroid dienone is 2. The molecule has 0 amide bonds. The van der Waals surface area contributed by atoms with Crippen molar-refractivity contribution in [1.29, 1.82) is 0 Å². The Balaban J connectivity index is 2.28. The van der Waals surface area contributed by atoms with Gasteiger partial charge in [-0.1, -0.05) is 6.08 Å². The summed E-state index contributed by atoms with van der Waals surface area (Å²) in [6.45, 7) is 2.98. The van der Waals surface area contributed by atoms with Gasteiger partial charge in [0.2, 0.25) is 6.29 Å². The molecule has 0 saturated carbocycles. The third kappa shape index (κ3) is 3.56. The minimum absolute atomic E-state index is 0.0426. The second-order valence-electron chi connectivity index (χ2n) is 5.56. The molecule has 8 nitrogen and oxygen atoms in total. The zero-order chi connectivity index (χ0) is 17.1. The Labute approximate surface area is 133 Å². The highest BCUT2D eigenvalue weighted by atomic mass is 16.7. The lowest BCUT2D eigenvalue weighted by molar-refractivity contribution is -0.282. The number of carbonyl (C=O) groups excluding carboxylic acids is 1. The highest BCUT2D eigenvalue weighted by molar-refractivity contribution is 5.92. The summed E-state index contributed by atoms with van der Waals surface area (Å²) < 4.78 is 15.8. The molecule has 2 saturated heterocycles. The van der Waals surface area contributed by atoms with Gasteiger partial charge in [0, 0.05) is 0 Å². The normalized spacial score (nSPS) is 40.3. The molecular formula is C15H22O8. The number of cyclic esters (lactones) is 1. The van der Waals surface area contributed by atoms with E-state index in [-0.39, 0.29) is 24.5 Å². The van der Waals surface area contributed by atoms with E-state index < -0.39 is 42.6 Å². The topological polar surface area (TPSA) is 126 Å². The number of esters is 1. The van der Waals surface area contributed by atoms with Crippen molar-refractivity contribution in [2.75, 3.05) is 13.2 Å². The second-order valence-corrected chi connectivity index (χ2v) is 5.56. The van der Waals surface area contributed by atoms with Crippen molar-refractivity contribution in [2.45, 2.75) is 44.6 Å². The Morgan fingerprint density at radius 3 is 2.61 bits per heavy atom. The van der Waals surface area contributed by atoms with Crippen molar-refractivity contribution in [3.05, 3.63) is 23.5 Å². The van der Waals surface area contributed by atoms with Crippen LogP contribution in [0.5, 0.6) is 0 Å². The molecule has 23 heavy (non-hydrogen) atoms. The maximum Gasteiger partial charge on any atom is 0.338 e. The molecule has 2 rings (SSSR count). The molecule has 130 valence electrons. The molecule has 0 spiro atoms. The van der Waals surface area contributed by atoms with Gasteiger partial charge in [0.05, 0.1) is 24.2 Å². The van der Waals surface area contributed by atoms with E-state index in [1.165, 1.54) is 13.0 Å². The second kappa shape index (κ2) is 7.41. The van der Waals surface area contributed by atoms with Gasteiger partial charge in [-0.05, 0) is 19.9 Å². The lowest BCUT2D eigenvalue weighted by Crippen LogP contribution is -2.57. The number of hydrogen-bond acceptors (Lipinski definition) is 8. The zero-order valence-corrected chi connectivity index (χ0v) is 13.0. The van der Waals surface area contributed by atoms with Gasteiger partial charge < -0.3 is 34.6 Å². The first-order valence-corrected chi connectivity index (χ1v) is 7.41. The number of aliphatic hydroxyl groups excluding tert-OH is 4. The highest BCUT2D eigenvalue weighted by Gasteiger charge is 2.44. The van der Waals surface area contributed by atoms with Gasteiger partial charge in [0.15, 0.2) is 0 Å². The van der Waals surface area contributed by atoms with Crippen molar-refractivity contribution in [3.63, 3.8) is 0 Å². The fraction of sp³-hybridized carbons (Fsp3) is 0.667. The van der Waals surface area contributed by atoms with Crippen LogP contribution in [0.4, 0.5) is 0 Å². The molecule has 0 aromatic heterocycles. The molecule has 0 bridgehead atoms. The van der Waals surface area contributed by atoms with Crippen LogP contribution in [0.1, 0.15) is 13.8 Å². The van der Waals surface area contributed by atoms with Crippen molar-refractivity contribution in [2.24, 2.45) is 5.92 Å². The molecule has 8 heteroatoms. The van der Waals surface area contributed by atoms with E-state index in [9.17, 15) is 25.2 Å². The molecule has 2 aliphatic heterocycles. The number of rotatable bonds is 4. The highest BCUT2D eigenvalue weighted by Crippen LogP contribution is 2.29. The number of ether oxygens (including phenoxy) is 3. The van der Waals surface area contributed by atoms with Crippen molar-refractivity contribution < 1.29 is 39.4 Å². The van der Waals surface area contributed by atoms with Crippen LogP contribution >= 0.6 is 0 Å². The van der Waals surface area contributed by atoms with Crippen molar-refractivity contribution >= 4 is 5.97 Å². The summed E-state index contributed by atoms with van der Waals surface area (Å²) in [4.78, 5) is 11.9. The fourth-order valence-electron chi connectivity index (χ4n) is 2.53. The van der Waals surface area contributed by atoms with Gasteiger partial charge in [-0.2, -0.15) is 0 Å². The van der Waals surface area contributed by atoms with Gasteiger partial charge in [-0.3, -0.25) is 0 Å². The SMILES string of the molecule is CC=CC(OC1OC(C)C(O)C(O)C1O)=C1C(=O)OCC1CO. The zero-order valence-electron chi connectivity index (χ0n) is 13.0. The lowest BCUT2D eigenvalue weighted by atomic mass is 9.99. The van der Waals surface area contributed by atoms with E-state index in [4.69, 9.17) is 14.2 Å². The third-order valence-corrected chi connectivity index (χ3v) is 3.90. The van der Waals surface area contributed by atoms with Crippen LogP contribution in [0.15, 0.2) is 23.5 Å². The van der Waals surface area contributed by atoms with Crippen LogP contribution in [-0.4, -0.2) is 70.3 Å². The number of aliphatic hydroxyl groups is 4. The van der Waals surface area contributed by atoms with E-state index in [1.807, 2.05) is 0 Å². The predicted molar refractivity (Wildman–Crippen MR) is 76.8 cm³/mol. The Kier molecular flexibility index (Phi) is 5.77. The summed E-state index contributed by atoms with van der Waals surface area (Å²) in [6.07, 6.45) is -3.11. The average Bonchev–Trinajstić information content (AvgIpc) is 2.90. The molecule has 2 aliphatic rings. The van der Waals surface area contributed by atoms with Gasteiger partial charge in [0.25, 0.3) is 0 Å². The van der Waals surface area contributed by atoms with Gasteiger partial charge in [0.1, 0.15) is 30.7 Å². The van der Waals surface area contributed by atoms with Gasteiger partial charge in [-0.25, -0.2) is 4.79 Å². The minimum atomic E-state index is -1.49. The first-order valence-electron chi connectivity index (χ1n) is 7.41. The van der Waals surface area contributed by atoms with Gasteiger partial charge in [-0.15, -0.1) is 0 Å². The van der Waals surface area contributed by atoms with E-state index >= 15 is 0 Å². The quantitative estimate of drug-likeness (QED) is 0.288. The van der Waals surface area contributed by atoms with E-state index in [0.29, 0.717) is 0 Å². The monoisotopic (exact) mass is 330 g/mol. The molecule has 0 aliphatic carbocycles. The molecule has 2 fully saturated rings. The van der Waals surface area contributed by atoms with Crippen molar-refractivity contribution in [1.82, 2.24) is 0 Å². The molecule has 0 aromatic carbocycles. The molecule has 0 aromatic rings. The smallest absolute Gasteiger partial charge is 0.338 e. The fourth-order valence-corrected chi connectivity index (χ4v) is 2.53. The van der Waals surface area contributed by atoms with Crippen molar-refractivity contribution in [3.8, 4) is 0 Å². The molecule has 4 N–H and O–H groups in total. The summed E-state index contributed by atoms with van der Waals surface area (Å²) in [5, 5.41) is 38.9. The summed E-state index contributed by atoms with van der Waals surface area (Å²) >= 11 is 0. The predicted octanol–water partition coefficient (Wildman–Crippen LogP) is -1.17. The Bertz CT molecular complexity index is 500. The Morgan fingerprint density at radius 2 is 2.00 bits per heavy atom. The molecule has 0 radical (unpaired) electrons. The average molecular weight is 330 g/mol.